The van der Waals surface area contributed by atoms with Gasteiger partial charge in [-0.2, -0.15) is 0 Å². The van der Waals surface area contributed by atoms with Crippen molar-refractivity contribution in [1.82, 2.24) is 15.8 Å². The van der Waals surface area contributed by atoms with Crippen molar-refractivity contribution in [2.45, 2.75) is 56.9 Å². The van der Waals surface area contributed by atoms with E-state index in [2.05, 4.69) is 15.8 Å². The second-order valence-electron chi connectivity index (χ2n) is 7.68. The molecule has 1 aromatic carbocycles. The van der Waals surface area contributed by atoms with Gasteiger partial charge in [0.05, 0.1) is 24.8 Å². The van der Waals surface area contributed by atoms with Crippen molar-refractivity contribution in [2.24, 2.45) is 0 Å². The second kappa shape index (κ2) is 10.1. The summed E-state index contributed by atoms with van der Waals surface area (Å²) < 4.78 is 9.94. The van der Waals surface area contributed by atoms with Gasteiger partial charge in [0.15, 0.2) is 0 Å². The molecular weight excluding hydrogens is 370 g/mol. The van der Waals surface area contributed by atoms with Crippen LogP contribution < -0.4 is 15.4 Å². The maximum absolute atomic E-state index is 12.5. The van der Waals surface area contributed by atoms with Crippen molar-refractivity contribution in [1.29, 1.82) is 0 Å². The molecule has 0 unspecified atom stereocenters. The van der Waals surface area contributed by atoms with Crippen LogP contribution in [0.1, 0.15) is 49.8 Å². The average molecular weight is 399 g/mol. The zero-order valence-electron chi connectivity index (χ0n) is 16.9. The Kier molecular flexibility index (Phi) is 7.27. The summed E-state index contributed by atoms with van der Waals surface area (Å²) in [5.41, 5.74) is 1.32. The van der Waals surface area contributed by atoms with Crippen molar-refractivity contribution >= 4 is 11.8 Å². The number of nitrogens with one attached hydrogen (secondary N) is 2. The van der Waals surface area contributed by atoms with Gasteiger partial charge in [-0.15, -0.1) is 0 Å². The molecule has 156 valence electrons. The number of methoxy groups -OCH3 is 1. The summed E-state index contributed by atoms with van der Waals surface area (Å²) in [6, 6.07) is 9.43. The first-order chi connectivity index (χ1) is 14.1. The van der Waals surface area contributed by atoms with Crippen LogP contribution in [0.2, 0.25) is 0 Å². The highest BCUT2D eigenvalue weighted by atomic mass is 16.5. The van der Waals surface area contributed by atoms with Crippen LogP contribution in [0.25, 0.3) is 0 Å². The van der Waals surface area contributed by atoms with E-state index in [1.165, 1.54) is 6.26 Å². The van der Waals surface area contributed by atoms with Gasteiger partial charge in [0, 0.05) is 19.0 Å². The lowest BCUT2D eigenvalue weighted by Gasteiger charge is -2.38. The summed E-state index contributed by atoms with van der Waals surface area (Å²) in [6.45, 7) is 0.457. The molecule has 1 heterocycles. The lowest BCUT2D eigenvalue weighted by Crippen LogP contribution is -2.57. The van der Waals surface area contributed by atoms with Gasteiger partial charge in [-0.05, 0) is 37.0 Å². The van der Waals surface area contributed by atoms with E-state index >= 15 is 0 Å². The van der Waals surface area contributed by atoms with E-state index in [4.69, 9.17) is 9.26 Å². The van der Waals surface area contributed by atoms with Crippen LogP contribution in [0.5, 0.6) is 5.75 Å². The Morgan fingerprint density at radius 1 is 1.10 bits per heavy atom. The minimum atomic E-state index is -0.380. The molecule has 0 radical (unpaired) electrons. The fraction of sp³-hybridized carbons (Fsp3) is 0.500. The average Bonchev–Trinajstić information content (AvgIpc) is 3.24. The summed E-state index contributed by atoms with van der Waals surface area (Å²) in [7, 11) is 1.63. The number of ether oxygens (including phenoxy) is 1. The van der Waals surface area contributed by atoms with Crippen LogP contribution in [0.4, 0.5) is 0 Å². The molecule has 1 saturated carbocycles. The van der Waals surface area contributed by atoms with E-state index in [0.29, 0.717) is 25.1 Å². The first-order valence-corrected chi connectivity index (χ1v) is 10.2. The van der Waals surface area contributed by atoms with Gasteiger partial charge >= 0.3 is 0 Å². The van der Waals surface area contributed by atoms with Gasteiger partial charge in [0.2, 0.25) is 11.8 Å². The highest BCUT2D eigenvalue weighted by Gasteiger charge is 2.34. The normalized spacial score (nSPS) is 15.5. The van der Waals surface area contributed by atoms with Crippen LogP contribution in [0.3, 0.4) is 0 Å². The monoisotopic (exact) mass is 399 g/mol. The van der Waals surface area contributed by atoms with Gasteiger partial charge in [-0.1, -0.05) is 36.6 Å². The van der Waals surface area contributed by atoms with Crippen LogP contribution in [0.15, 0.2) is 41.1 Å². The minimum absolute atomic E-state index is 0.00323. The van der Waals surface area contributed by atoms with E-state index in [0.717, 1.165) is 43.4 Å². The van der Waals surface area contributed by atoms with E-state index < -0.39 is 0 Å². The number of benzene rings is 1. The number of hydrogen-bond donors (Lipinski definition) is 2. The summed E-state index contributed by atoms with van der Waals surface area (Å²) in [5.74, 6) is 0.712. The number of hydrogen-bond acceptors (Lipinski definition) is 5. The summed E-state index contributed by atoms with van der Waals surface area (Å²) in [6.07, 6.45) is 7.72. The predicted octanol–water partition coefficient (Wildman–Crippen LogP) is 2.79. The smallest absolute Gasteiger partial charge is 0.226 e. The molecule has 1 aliphatic carbocycles. The first kappa shape index (κ1) is 20.9. The SMILES string of the molecule is COc1ccc(CCC(=O)NCC2(NC(=O)Cc3ccon3)CCCCC2)cc1. The standard InChI is InChI=1S/C22H29N3O4/c1-28-19-8-5-17(6-9-19)7-10-20(26)23-16-22(12-3-2-4-13-22)24-21(27)15-18-11-14-29-25-18/h5-6,8-9,11,14H,2-4,7,10,12-13,15-16H2,1H3,(H,23,26)(H,24,27). The number of carbonyl (C=O) groups is 2. The molecule has 1 fully saturated rings. The molecule has 1 aromatic heterocycles. The molecule has 0 bridgehead atoms. The highest BCUT2D eigenvalue weighted by molar-refractivity contribution is 5.79. The van der Waals surface area contributed by atoms with Gasteiger partial charge in [-0.3, -0.25) is 9.59 Å². The van der Waals surface area contributed by atoms with E-state index in [1.54, 1.807) is 13.2 Å². The maximum atomic E-state index is 12.5. The Morgan fingerprint density at radius 3 is 2.52 bits per heavy atom. The van der Waals surface area contributed by atoms with E-state index in [-0.39, 0.29) is 23.8 Å². The molecule has 2 amide bonds. The molecule has 7 nitrogen and oxygen atoms in total. The number of aryl methyl sites for hydroxylation is 1. The first-order valence-electron chi connectivity index (χ1n) is 10.2. The topological polar surface area (TPSA) is 93.5 Å². The molecule has 0 saturated heterocycles. The summed E-state index contributed by atoms with van der Waals surface area (Å²) in [4.78, 5) is 24.9. The molecule has 0 spiro atoms. The molecule has 29 heavy (non-hydrogen) atoms. The largest absolute Gasteiger partial charge is 0.497 e. The van der Waals surface area contributed by atoms with E-state index in [9.17, 15) is 9.59 Å². The van der Waals surface area contributed by atoms with Crippen LogP contribution in [-0.4, -0.2) is 36.2 Å². The molecule has 0 aliphatic heterocycles. The summed E-state index contributed by atoms with van der Waals surface area (Å²) >= 11 is 0. The second-order valence-corrected chi connectivity index (χ2v) is 7.68. The number of nitrogens with zero attached hydrogens (tertiary/aromatic N) is 1. The number of rotatable bonds is 9. The highest BCUT2D eigenvalue weighted by Crippen LogP contribution is 2.28. The third-order valence-electron chi connectivity index (χ3n) is 5.47. The quantitative estimate of drug-likeness (QED) is 0.676. The number of amides is 2. The van der Waals surface area contributed by atoms with Crippen LogP contribution >= 0.6 is 0 Å². The molecule has 3 rings (SSSR count). The zero-order chi connectivity index (χ0) is 20.5. The predicted molar refractivity (Wildman–Crippen MR) is 108 cm³/mol. The maximum Gasteiger partial charge on any atom is 0.226 e. The molecule has 1 aliphatic rings. The third-order valence-corrected chi connectivity index (χ3v) is 5.47. The number of aromatic nitrogens is 1. The molecule has 2 aromatic rings. The molecule has 0 atom stereocenters. The number of carbonyl (C=O) groups excluding carboxylic acids is 2. The van der Waals surface area contributed by atoms with Gasteiger partial charge in [0.1, 0.15) is 12.0 Å². The Morgan fingerprint density at radius 2 is 1.86 bits per heavy atom. The van der Waals surface area contributed by atoms with Crippen molar-refractivity contribution in [3.8, 4) is 5.75 Å². The van der Waals surface area contributed by atoms with Crippen molar-refractivity contribution in [2.75, 3.05) is 13.7 Å². The van der Waals surface area contributed by atoms with Crippen LogP contribution in [-0.2, 0) is 22.4 Å². The fourth-order valence-electron chi connectivity index (χ4n) is 3.81. The Hall–Kier alpha value is -2.83. The Labute approximate surface area is 171 Å². The lowest BCUT2D eigenvalue weighted by molar-refractivity contribution is -0.125. The van der Waals surface area contributed by atoms with Crippen molar-refractivity contribution in [3.05, 3.63) is 47.9 Å². The van der Waals surface area contributed by atoms with E-state index in [1.807, 2.05) is 24.3 Å². The Bertz CT molecular complexity index is 781. The van der Waals surface area contributed by atoms with Gasteiger partial charge in [0.25, 0.3) is 0 Å². The Balaban J connectivity index is 1.49. The van der Waals surface area contributed by atoms with Crippen LogP contribution in [0, 0.1) is 0 Å². The molecular formula is C22H29N3O4. The molecule has 7 heteroatoms. The third kappa shape index (κ3) is 6.34. The van der Waals surface area contributed by atoms with Gasteiger partial charge < -0.3 is 19.9 Å². The zero-order valence-corrected chi connectivity index (χ0v) is 16.9. The molecule has 2 N–H and O–H groups in total. The fourth-order valence-corrected chi connectivity index (χ4v) is 3.81. The summed E-state index contributed by atoms with van der Waals surface area (Å²) in [5, 5.41) is 10.00. The van der Waals surface area contributed by atoms with Crippen molar-refractivity contribution < 1.29 is 18.8 Å². The minimum Gasteiger partial charge on any atom is -0.497 e. The lowest BCUT2D eigenvalue weighted by atomic mass is 9.81. The van der Waals surface area contributed by atoms with Crippen molar-refractivity contribution in [3.63, 3.8) is 0 Å². The van der Waals surface area contributed by atoms with Gasteiger partial charge in [-0.25, -0.2) is 0 Å².